The molecule has 1 amide bonds. The maximum absolute atomic E-state index is 11.8. The molecule has 2 aromatic rings. The number of anilines is 1. The molecule has 1 aliphatic carbocycles. The van der Waals surface area contributed by atoms with Crippen molar-refractivity contribution in [1.29, 1.82) is 0 Å². The maximum atomic E-state index is 11.8. The lowest BCUT2D eigenvalue weighted by molar-refractivity contribution is -0.124. The molecule has 27 heavy (non-hydrogen) atoms. The van der Waals surface area contributed by atoms with Crippen LogP contribution in [0, 0.1) is 0 Å². The standard InChI is InChI=1S/C22H27N3O2/c1-16(26)12-22(27)24-19-13-18-14-20(8-9-21(18)23-15-19)25(2)11-10-17-6-4-3-5-7-17/h3-7,13,15,20H,8-12,14H2,1-2H3,(H,24,27). The number of ketones is 1. The van der Waals surface area contributed by atoms with Crippen LogP contribution in [0.25, 0.3) is 0 Å². The molecule has 0 spiro atoms. The van der Waals surface area contributed by atoms with Crippen LogP contribution in [0.1, 0.15) is 36.6 Å². The molecule has 1 atom stereocenters. The summed E-state index contributed by atoms with van der Waals surface area (Å²) in [5, 5.41) is 2.78. The zero-order chi connectivity index (χ0) is 19.2. The monoisotopic (exact) mass is 365 g/mol. The Morgan fingerprint density at radius 3 is 2.78 bits per heavy atom. The van der Waals surface area contributed by atoms with Gasteiger partial charge < -0.3 is 10.2 Å². The zero-order valence-corrected chi connectivity index (χ0v) is 16.1. The number of benzene rings is 1. The summed E-state index contributed by atoms with van der Waals surface area (Å²) in [7, 11) is 2.19. The van der Waals surface area contributed by atoms with Gasteiger partial charge in [0.15, 0.2) is 0 Å². The number of amides is 1. The number of aryl methyl sites for hydroxylation is 1. The fourth-order valence-electron chi connectivity index (χ4n) is 3.61. The largest absolute Gasteiger partial charge is 0.324 e. The van der Waals surface area contributed by atoms with E-state index in [1.807, 2.05) is 12.1 Å². The van der Waals surface area contributed by atoms with E-state index in [1.54, 1.807) is 6.20 Å². The number of rotatable bonds is 7. The third-order valence-corrected chi connectivity index (χ3v) is 5.14. The molecule has 0 saturated heterocycles. The molecule has 142 valence electrons. The minimum atomic E-state index is -0.281. The molecule has 1 heterocycles. The van der Waals surface area contributed by atoms with Crippen molar-refractivity contribution in [2.24, 2.45) is 0 Å². The third-order valence-electron chi connectivity index (χ3n) is 5.14. The highest BCUT2D eigenvalue weighted by Gasteiger charge is 2.23. The van der Waals surface area contributed by atoms with E-state index in [9.17, 15) is 9.59 Å². The third kappa shape index (κ3) is 5.47. The summed E-state index contributed by atoms with van der Waals surface area (Å²) in [5.74, 6) is -0.421. The van der Waals surface area contributed by atoms with Gasteiger partial charge in [-0.25, -0.2) is 0 Å². The van der Waals surface area contributed by atoms with E-state index in [1.165, 1.54) is 18.1 Å². The molecule has 5 heteroatoms. The number of pyridine rings is 1. The molecule has 1 aliphatic rings. The fraction of sp³-hybridized carbons (Fsp3) is 0.409. The number of hydrogen-bond donors (Lipinski definition) is 1. The van der Waals surface area contributed by atoms with Crippen molar-refractivity contribution in [3.63, 3.8) is 0 Å². The molecule has 0 bridgehead atoms. The van der Waals surface area contributed by atoms with Crippen LogP contribution in [0.3, 0.4) is 0 Å². The average Bonchev–Trinajstić information content (AvgIpc) is 2.65. The van der Waals surface area contributed by atoms with E-state index in [2.05, 4.69) is 46.5 Å². The Kier molecular flexibility index (Phi) is 6.35. The second-order valence-corrected chi connectivity index (χ2v) is 7.37. The highest BCUT2D eigenvalue weighted by molar-refractivity contribution is 6.03. The van der Waals surface area contributed by atoms with Gasteiger partial charge in [-0.2, -0.15) is 0 Å². The first kappa shape index (κ1) is 19.2. The lowest BCUT2D eigenvalue weighted by atomic mass is 9.90. The van der Waals surface area contributed by atoms with Gasteiger partial charge in [-0.1, -0.05) is 30.3 Å². The predicted octanol–water partition coefficient (Wildman–Crippen LogP) is 3.03. The Bertz CT molecular complexity index is 804. The summed E-state index contributed by atoms with van der Waals surface area (Å²) in [6.07, 6.45) is 5.63. The average molecular weight is 365 g/mol. The van der Waals surface area contributed by atoms with Crippen molar-refractivity contribution < 1.29 is 9.59 Å². The van der Waals surface area contributed by atoms with E-state index in [0.717, 1.165) is 37.9 Å². The highest BCUT2D eigenvalue weighted by atomic mass is 16.2. The molecule has 1 N–H and O–H groups in total. The van der Waals surface area contributed by atoms with Gasteiger partial charge in [-0.15, -0.1) is 0 Å². The van der Waals surface area contributed by atoms with Crippen LogP contribution in [0.2, 0.25) is 0 Å². The number of Topliss-reactive ketones (excluding diaryl/α,β-unsaturated/α-hetero) is 1. The Hall–Kier alpha value is -2.53. The molecule has 0 fully saturated rings. The van der Waals surface area contributed by atoms with Crippen molar-refractivity contribution in [3.8, 4) is 0 Å². The smallest absolute Gasteiger partial charge is 0.231 e. The number of likely N-dealkylation sites (N-methyl/N-ethyl adjacent to an activating group) is 1. The molecule has 1 aromatic heterocycles. The van der Waals surface area contributed by atoms with Gasteiger partial charge in [0.1, 0.15) is 5.78 Å². The van der Waals surface area contributed by atoms with E-state index >= 15 is 0 Å². The summed E-state index contributed by atoms with van der Waals surface area (Å²) in [5.41, 5.74) is 4.34. The summed E-state index contributed by atoms with van der Waals surface area (Å²) in [6, 6.07) is 13.0. The van der Waals surface area contributed by atoms with Crippen LogP contribution in [0.15, 0.2) is 42.6 Å². The number of hydrogen-bond acceptors (Lipinski definition) is 4. The number of nitrogens with one attached hydrogen (secondary N) is 1. The molecular weight excluding hydrogens is 338 g/mol. The minimum Gasteiger partial charge on any atom is -0.324 e. The van der Waals surface area contributed by atoms with Crippen LogP contribution in [0.4, 0.5) is 5.69 Å². The van der Waals surface area contributed by atoms with Crippen molar-refractivity contribution in [3.05, 3.63) is 59.4 Å². The van der Waals surface area contributed by atoms with Gasteiger partial charge in [0.25, 0.3) is 0 Å². The van der Waals surface area contributed by atoms with Crippen LogP contribution < -0.4 is 5.32 Å². The lowest BCUT2D eigenvalue weighted by Gasteiger charge is -2.32. The second-order valence-electron chi connectivity index (χ2n) is 7.37. The number of nitrogens with zero attached hydrogens (tertiary/aromatic N) is 2. The first-order valence-electron chi connectivity index (χ1n) is 9.52. The Labute approximate surface area is 160 Å². The summed E-state index contributed by atoms with van der Waals surface area (Å²) < 4.78 is 0. The van der Waals surface area contributed by atoms with Gasteiger partial charge in [-0.05, 0) is 56.8 Å². The summed E-state index contributed by atoms with van der Waals surface area (Å²) in [4.78, 5) is 29.8. The fourth-order valence-corrected chi connectivity index (χ4v) is 3.61. The Morgan fingerprint density at radius 1 is 1.26 bits per heavy atom. The molecule has 5 nitrogen and oxygen atoms in total. The van der Waals surface area contributed by atoms with Crippen LogP contribution >= 0.6 is 0 Å². The molecule has 1 aromatic carbocycles. The van der Waals surface area contributed by atoms with E-state index in [4.69, 9.17) is 0 Å². The van der Waals surface area contributed by atoms with E-state index in [0.29, 0.717) is 11.7 Å². The summed E-state index contributed by atoms with van der Waals surface area (Å²) >= 11 is 0. The molecule has 0 aliphatic heterocycles. The van der Waals surface area contributed by atoms with E-state index in [-0.39, 0.29) is 18.1 Å². The van der Waals surface area contributed by atoms with Gasteiger partial charge in [0, 0.05) is 18.3 Å². The predicted molar refractivity (Wildman–Crippen MR) is 107 cm³/mol. The quantitative estimate of drug-likeness (QED) is 0.766. The first-order chi connectivity index (χ1) is 13.0. The van der Waals surface area contributed by atoms with Crippen molar-refractivity contribution in [1.82, 2.24) is 9.88 Å². The van der Waals surface area contributed by atoms with Gasteiger partial charge in [-0.3, -0.25) is 14.6 Å². The second kappa shape index (κ2) is 8.91. The molecule has 1 unspecified atom stereocenters. The zero-order valence-electron chi connectivity index (χ0n) is 16.1. The normalized spacial score (nSPS) is 16.0. The van der Waals surface area contributed by atoms with Gasteiger partial charge in [0.2, 0.25) is 5.91 Å². The van der Waals surface area contributed by atoms with Crippen LogP contribution in [-0.4, -0.2) is 41.2 Å². The molecule has 0 radical (unpaired) electrons. The molecular formula is C22H27N3O2. The minimum absolute atomic E-state index is 0.0953. The Balaban J connectivity index is 1.59. The van der Waals surface area contributed by atoms with E-state index < -0.39 is 0 Å². The van der Waals surface area contributed by atoms with Crippen molar-refractivity contribution in [2.45, 2.75) is 45.1 Å². The van der Waals surface area contributed by atoms with Crippen molar-refractivity contribution in [2.75, 3.05) is 18.9 Å². The highest BCUT2D eigenvalue weighted by Crippen LogP contribution is 2.25. The summed E-state index contributed by atoms with van der Waals surface area (Å²) in [6.45, 7) is 2.44. The molecule has 3 rings (SSSR count). The van der Waals surface area contributed by atoms with Crippen LogP contribution in [0.5, 0.6) is 0 Å². The number of fused-ring (bicyclic) bond motifs is 1. The number of aromatic nitrogens is 1. The lowest BCUT2D eigenvalue weighted by Crippen LogP contribution is -2.38. The van der Waals surface area contributed by atoms with Crippen molar-refractivity contribution >= 4 is 17.4 Å². The van der Waals surface area contributed by atoms with Crippen LogP contribution in [-0.2, 0) is 28.9 Å². The molecule has 0 saturated carbocycles. The van der Waals surface area contributed by atoms with Gasteiger partial charge >= 0.3 is 0 Å². The van der Waals surface area contributed by atoms with Gasteiger partial charge in [0.05, 0.1) is 18.3 Å². The maximum Gasteiger partial charge on any atom is 0.231 e. The SMILES string of the molecule is CC(=O)CC(=O)Nc1cnc2c(c1)CC(N(C)CCc1ccccc1)CC2. The topological polar surface area (TPSA) is 62.3 Å². The number of carbonyl (C=O) groups is 2. The number of carbonyl (C=O) groups excluding carboxylic acids is 2. The Morgan fingerprint density at radius 2 is 2.04 bits per heavy atom. The first-order valence-corrected chi connectivity index (χ1v) is 9.52.